The van der Waals surface area contributed by atoms with Crippen molar-refractivity contribution in [2.75, 3.05) is 25.0 Å². The molecule has 10 heteroatoms. The molecule has 0 aliphatic rings. The Morgan fingerprint density at radius 3 is 2.62 bits per heavy atom. The Morgan fingerprint density at radius 2 is 2.00 bits per heavy atom. The molecule has 0 saturated heterocycles. The summed E-state index contributed by atoms with van der Waals surface area (Å²) in [6.07, 6.45) is 4.28. The highest BCUT2D eigenvalue weighted by Gasteiger charge is 2.28. The highest BCUT2D eigenvalue weighted by molar-refractivity contribution is 6.33. The number of hydrogen-bond acceptors (Lipinski definition) is 5. The smallest absolute Gasteiger partial charge is 0.219 e. The number of anilines is 2. The number of phenols is 1. The number of carbonyl (C=O) groups is 2. The van der Waals surface area contributed by atoms with Crippen molar-refractivity contribution >= 4 is 41.8 Å². The van der Waals surface area contributed by atoms with Crippen LogP contribution in [0.25, 0.3) is 11.3 Å². The van der Waals surface area contributed by atoms with Gasteiger partial charge in [0.2, 0.25) is 12.8 Å². The molecule has 40 heavy (non-hydrogen) atoms. The molecule has 0 fully saturated rings. The van der Waals surface area contributed by atoms with E-state index in [0.29, 0.717) is 55.8 Å². The van der Waals surface area contributed by atoms with Gasteiger partial charge in [-0.15, -0.1) is 6.58 Å². The van der Waals surface area contributed by atoms with Crippen LogP contribution in [-0.4, -0.2) is 59.8 Å². The van der Waals surface area contributed by atoms with Crippen LogP contribution in [0.1, 0.15) is 31.4 Å². The van der Waals surface area contributed by atoms with E-state index < -0.39 is 5.82 Å². The number of nitrogens with zero attached hydrogens (tertiary/aromatic N) is 4. The fraction of sp³-hybridized carbons (Fsp3) is 0.267. The van der Waals surface area contributed by atoms with Crippen molar-refractivity contribution in [1.82, 2.24) is 15.2 Å². The Kier molecular flexibility index (Phi) is 10.8. The number of rotatable bonds is 13. The molecule has 0 aliphatic heterocycles. The van der Waals surface area contributed by atoms with Crippen molar-refractivity contribution < 1.29 is 19.1 Å². The van der Waals surface area contributed by atoms with Crippen molar-refractivity contribution in [1.29, 1.82) is 0 Å². The number of aryl methyl sites for hydroxylation is 1. The quantitative estimate of drug-likeness (QED) is 0.124. The Morgan fingerprint density at radius 1 is 1.25 bits per heavy atom. The zero-order valence-corrected chi connectivity index (χ0v) is 23.5. The number of benzene rings is 2. The zero-order valence-electron chi connectivity index (χ0n) is 22.8. The number of carbonyl (C=O) groups excluding carboxylic acids is 2. The van der Waals surface area contributed by atoms with Crippen LogP contribution in [0.15, 0.2) is 66.2 Å². The van der Waals surface area contributed by atoms with E-state index in [1.54, 1.807) is 25.3 Å². The summed E-state index contributed by atoms with van der Waals surface area (Å²) in [6, 6.07) is 12.7. The predicted molar refractivity (Wildman–Crippen MR) is 158 cm³/mol. The number of hydrogen-bond donors (Lipinski definition) is 2. The van der Waals surface area contributed by atoms with Crippen LogP contribution in [0.4, 0.5) is 15.9 Å². The maximum Gasteiger partial charge on any atom is 0.219 e. The molecule has 0 radical (unpaired) electrons. The number of aliphatic imine (C=N–C) groups is 1. The lowest BCUT2D eigenvalue weighted by atomic mass is 10.0. The van der Waals surface area contributed by atoms with Crippen LogP contribution in [0, 0.1) is 5.82 Å². The van der Waals surface area contributed by atoms with Gasteiger partial charge in [0.25, 0.3) is 0 Å². The largest absolute Gasteiger partial charge is 0.507 e. The lowest BCUT2D eigenvalue weighted by Crippen LogP contribution is -2.45. The van der Waals surface area contributed by atoms with E-state index in [4.69, 9.17) is 16.6 Å². The highest BCUT2D eigenvalue weighted by Crippen LogP contribution is 2.40. The van der Waals surface area contributed by atoms with Crippen LogP contribution < -0.4 is 10.2 Å². The van der Waals surface area contributed by atoms with E-state index in [9.17, 15) is 19.1 Å². The molecule has 1 aromatic heterocycles. The van der Waals surface area contributed by atoms with E-state index in [2.05, 4.69) is 16.9 Å². The van der Waals surface area contributed by atoms with Crippen LogP contribution in [0.3, 0.4) is 0 Å². The Labute approximate surface area is 238 Å². The van der Waals surface area contributed by atoms with Crippen molar-refractivity contribution in [2.45, 2.75) is 32.7 Å². The molecule has 210 valence electrons. The van der Waals surface area contributed by atoms with Crippen molar-refractivity contribution in [2.24, 2.45) is 4.99 Å². The first-order valence-electron chi connectivity index (χ1n) is 12.8. The summed E-state index contributed by atoms with van der Waals surface area (Å²) in [5.41, 5.74) is 1.67. The van der Waals surface area contributed by atoms with Gasteiger partial charge < -0.3 is 15.3 Å². The SMILES string of the molecule is C=CCCN(C(=NC)c1cc(Cl)c(-c2c(O)cccc2F)nc1N(C=O)c1ccccc1CC)C(C)CNC=O. The number of nitrogens with one attached hydrogen (secondary N) is 1. The summed E-state index contributed by atoms with van der Waals surface area (Å²) in [4.78, 5) is 36.4. The van der Waals surface area contributed by atoms with Gasteiger partial charge >= 0.3 is 0 Å². The van der Waals surface area contributed by atoms with Crippen molar-refractivity contribution in [3.8, 4) is 17.0 Å². The predicted octanol–water partition coefficient (Wildman–Crippen LogP) is 5.49. The minimum atomic E-state index is -0.717. The molecular formula is C30H33ClFN5O3. The number of aromatic nitrogens is 1. The third-order valence-electron chi connectivity index (χ3n) is 6.48. The van der Waals surface area contributed by atoms with Crippen LogP contribution >= 0.6 is 11.6 Å². The van der Waals surface area contributed by atoms with Gasteiger partial charge in [0, 0.05) is 26.2 Å². The first-order chi connectivity index (χ1) is 19.3. The summed E-state index contributed by atoms with van der Waals surface area (Å²) < 4.78 is 15.0. The van der Waals surface area contributed by atoms with Gasteiger partial charge in [-0.05, 0) is 49.6 Å². The number of halogens is 2. The number of phenolic OH excluding ortho intramolecular Hbond substituents is 1. The Balaban J connectivity index is 2.36. The number of aromatic hydroxyl groups is 1. The maximum atomic E-state index is 15.0. The zero-order chi connectivity index (χ0) is 29.2. The minimum Gasteiger partial charge on any atom is -0.507 e. The lowest BCUT2D eigenvalue weighted by Gasteiger charge is -2.33. The average molecular weight is 566 g/mol. The fourth-order valence-corrected chi connectivity index (χ4v) is 4.76. The molecule has 0 bridgehead atoms. The second-order valence-corrected chi connectivity index (χ2v) is 9.38. The van der Waals surface area contributed by atoms with E-state index >= 15 is 0 Å². The van der Waals surface area contributed by atoms with Gasteiger partial charge in [0.15, 0.2) is 5.82 Å². The molecule has 2 aromatic carbocycles. The van der Waals surface area contributed by atoms with Gasteiger partial charge in [-0.2, -0.15) is 0 Å². The summed E-state index contributed by atoms with van der Waals surface area (Å²) >= 11 is 6.71. The molecule has 0 aliphatic carbocycles. The molecule has 8 nitrogen and oxygen atoms in total. The minimum absolute atomic E-state index is 0.0272. The fourth-order valence-electron chi connectivity index (χ4n) is 4.51. The normalized spacial score (nSPS) is 12.0. The monoisotopic (exact) mass is 565 g/mol. The molecule has 1 heterocycles. The second kappa shape index (κ2) is 14.2. The van der Waals surface area contributed by atoms with Crippen LogP contribution in [0.5, 0.6) is 5.75 Å². The molecule has 2 N–H and O–H groups in total. The average Bonchev–Trinajstić information content (AvgIpc) is 2.95. The molecule has 1 atom stereocenters. The molecule has 3 rings (SSSR count). The van der Waals surface area contributed by atoms with E-state index in [-0.39, 0.29) is 33.9 Å². The second-order valence-electron chi connectivity index (χ2n) is 8.97. The molecule has 1 unspecified atom stereocenters. The first kappa shape index (κ1) is 30.3. The molecule has 2 amide bonds. The highest BCUT2D eigenvalue weighted by atomic mass is 35.5. The summed E-state index contributed by atoms with van der Waals surface area (Å²) in [5.74, 6) is -0.454. The Bertz CT molecular complexity index is 1380. The Hall–Kier alpha value is -4.24. The van der Waals surface area contributed by atoms with Gasteiger partial charge in [0.1, 0.15) is 17.4 Å². The van der Waals surface area contributed by atoms with E-state index in [0.717, 1.165) is 5.56 Å². The van der Waals surface area contributed by atoms with Gasteiger partial charge in [-0.1, -0.05) is 48.9 Å². The standard InChI is InChI=1S/C30H33ClFN5O3/c1-5-7-15-36(20(3)17-34-18-38)29(33-4)22-16-23(31)28(27-24(32)12-10-14-26(27)40)35-30(22)37(19-39)25-13-9-8-11-21(25)6-2/h5,8-14,16,18-20,40H,1,6-7,15,17H2,2-4H3,(H,34,38). The van der Waals surface area contributed by atoms with E-state index in [1.165, 1.54) is 23.1 Å². The molecule has 0 spiro atoms. The lowest BCUT2D eigenvalue weighted by molar-refractivity contribution is -0.109. The molecular weight excluding hydrogens is 533 g/mol. The van der Waals surface area contributed by atoms with Crippen molar-refractivity contribution in [3.63, 3.8) is 0 Å². The topological polar surface area (TPSA) is 98.1 Å². The summed E-state index contributed by atoms with van der Waals surface area (Å²) in [7, 11) is 1.61. The number of para-hydroxylation sites is 1. The number of amidine groups is 1. The third-order valence-corrected chi connectivity index (χ3v) is 6.77. The summed E-state index contributed by atoms with van der Waals surface area (Å²) in [5, 5.41) is 13.3. The van der Waals surface area contributed by atoms with Crippen LogP contribution in [0.2, 0.25) is 5.02 Å². The maximum absolute atomic E-state index is 15.0. The van der Waals surface area contributed by atoms with Crippen molar-refractivity contribution in [3.05, 3.63) is 83.2 Å². The van der Waals surface area contributed by atoms with Crippen LogP contribution in [-0.2, 0) is 16.0 Å². The molecule has 3 aromatic rings. The van der Waals surface area contributed by atoms with Gasteiger partial charge in [-0.3, -0.25) is 19.5 Å². The van der Waals surface area contributed by atoms with Gasteiger partial charge in [-0.25, -0.2) is 9.37 Å². The number of amides is 2. The molecule has 0 saturated carbocycles. The van der Waals surface area contributed by atoms with E-state index in [1.807, 2.05) is 36.9 Å². The first-order valence-corrected chi connectivity index (χ1v) is 13.2. The van der Waals surface area contributed by atoms with Gasteiger partial charge in [0.05, 0.1) is 27.5 Å². The number of pyridine rings is 1. The third kappa shape index (κ3) is 6.48. The summed E-state index contributed by atoms with van der Waals surface area (Å²) in [6.45, 7) is 8.54.